The van der Waals surface area contributed by atoms with E-state index >= 15 is 0 Å². The second-order valence-corrected chi connectivity index (χ2v) is 4.38. The first-order valence-corrected chi connectivity index (χ1v) is 6.08. The van der Waals surface area contributed by atoms with Crippen molar-refractivity contribution >= 4 is 23.2 Å². The van der Waals surface area contributed by atoms with E-state index in [0.717, 1.165) is 0 Å². The van der Waals surface area contributed by atoms with Crippen LogP contribution < -0.4 is 14.8 Å². The predicted octanol–water partition coefficient (Wildman–Crippen LogP) is 3.32. The molecule has 1 aliphatic rings. The Balaban J connectivity index is 1.89. The van der Waals surface area contributed by atoms with Gasteiger partial charge in [-0.25, -0.2) is 0 Å². The van der Waals surface area contributed by atoms with Crippen LogP contribution in [0, 0.1) is 0 Å². The Kier molecular flexibility index (Phi) is 3.01. The van der Waals surface area contributed by atoms with Crippen LogP contribution in [0.1, 0.15) is 10.4 Å². The summed E-state index contributed by atoms with van der Waals surface area (Å²) in [7, 11) is 0. The molecular formula is C14H10ClNO3. The number of carbonyl (C=O) groups is 1. The van der Waals surface area contributed by atoms with Crippen molar-refractivity contribution in [3.8, 4) is 11.5 Å². The van der Waals surface area contributed by atoms with Gasteiger partial charge in [-0.1, -0.05) is 29.8 Å². The number of halogens is 1. The van der Waals surface area contributed by atoms with Gasteiger partial charge >= 0.3 is 0 Å². The van der Waals surface area contributed by atoms with Crippen molar-refractivity contribution in [2.24, 2.45) is 0 Å². The number of hydrogen-bond acceptors (Lipinski definition) is 3. The fraction of sp³-hybridized carbons (Fsp3) is 0.0714. The second-order valence-electron chi connectivity index (χ2n) is 3.97. The highest BCUT2D eigenvalue weighted by Crippen LogP contribution is 2.39. The third-order valence-corrected chi connectivity index (χ3v) is 3.09. The summed E-state index contributed by atoms with van der Waals surface area (Å²) in [6.07, 6.45) is 0. The molecule has 96 valence electrons. The number of amides is 1. The lowest BCUT2D eigenvalue weighted by Gasteiger charge is -2.08. The maximum Gasteiger partial charge on any atom is 0.257 e. The molecule has 4 nitrogen and oxygen atoms in total. The van der Waals surface area contributed by atoms with Crippen LogP contribution in [-0.2, 0) is 0 Å². The monoisotopic (exact) mass is 275 g/mol. The standard InChI is InChI=1S/C14H10ClNO3/c15-10-5-2-1-4-9(10)14(17)16-11-6-3-7-12-13(11)19-8-18-12/h1-7H,8H2,(H,16,17). The predicted molar refractivity (Wildman–Crippen MR) is 72.0 cm³/mol. The van der Waals surface area contributed by atoms with Crippen molar-refractivity contribution in [1.82, 2.24) is 0 Å². The third kappa shape index (κ3) is 2.22. The summed E-state index contributed by atoms with van der Waals surface area (Å²) in [5.74, 6) is 0.884. The van der Waals surface area contributed by atoms with Gasteiger partial charge in [0.25, 0.3) is 5.91 Å². The lowest BCUT2D eigenvalue weighted by atomic mass is 10.2. The highest BCUT2D eigenvalue weighted by molar-refractivity contribution is 6.34. The number of carbonyl (C=O) groups excluding carboxylic acids is 1. The van der Waals surface area contributed by atoms with E-state index in [1.165, 1.54) is 0 Å². The average Bonchev–Trinajstić information content (AvgIpc) is 2.88. The number of ether oxygens (including phenoxy) is 2. The van der Waals surface area contributed by atoms with Gasteiger partial charge in [0.05, 0.1) is 16.3 Å². The SMILES string of the molecule is O=C(Nc1cccc2c1OCO2)c1ccccc1Cl. The van der Waals surface area contributed by atoms with Crippen LogP contribution in [-0.4, -0.2) is 12.7 Å². The molecule has 1 heterocycles. The highest BCUT2D eigenvalue weighted by atomic mass is 35.5. The van der Waals surface area contributed by atoms with Gasteiger partial charge in [-0.05, 0) is 24.3 Å². The van der Waals surface area contributed by atoms with Crippen molar-refractivity contribution in [2.45, 2.75) is 0 Å². The molecule has 0 spiro atoms. The Bertz CT molecular complexity index is 642. The van der Waals surface area contributed by atoms with E-state index in [1.54, 1.807) is 42.5 Å². The third-order valence-electron chi connectivity index (χ3n) is 2.76. The molecule has 0 atom stereocenters. The maximum absolute atomic E-state index is 12.1. The second kappa shape index (κ2) is 4.82. The molecule has 0 aromatic heterocycles. The minimum atomic E-state index is -0.283. The first kappa shape index (κ1) is 11.9. The van der Waals surface area contributed by atoms with Crippen LogP contribution in [0.3, 0.4) is 0 Å². The van der Waals surface area contributed by atoms with E-state index in [9.17, 15) is 4.79 Å². The number of benzene rings is 2. The van der Waals surface area contributed by atoms with Gasteiger partial charge in [-0.2, -0.15) is 0 Å². The zero-order valence-corrected chi connectivity index (χ0v) is 10.6. The first-order valence-electron chi connectivity index (χ1n) is 5.70. The molecule has 5 heteroatoms. The fourth-order valence-electron chi connectivity index (χ4n) is 1.86. The van der Waals surface area contributed by atoms with Crippen molar-refractivity contribution in [3.05, 3.63) is 53.1 Å². The molecule has 0 saturated heterocycles. The Morgan fingerprint density at radius 1 is 1.11 bits per heavy atom. The smallest absolute Gasteiger partial charge is 0.257 e. The Morgan fingerprint density at radius 2 is 1.95 bits per heavy atom. The summed E-state index contributed by atoms with van der Waals surface area (Å²) in [4.78, 5) is 12.1. The van der Waals surface area contributed by atoms with Gasteiger partial charge in [-0.3, -0.25) is 4.79 Å². The first-order chi connectivity index (χ1) is 9.25. The lowest BCUT2D eigenvalue weighted by molar-refractivity contribution is 0.102. The van der Waals surface area contributed by atoms with Crippen LogP contribution in [0.2, 0.25) is 5.02 Å². The Labute approximate surface area is 114 Å². The highest BCUT2D eigenvalue weighted by Gasteiger charge is 2.19. The van der Waals surface area contributed by atoms with Crippen LogP contribution in [0.5, 0.6) is 11.5 Å². The number of hydrogen-bond donors (Lipinski definition) is 1. The normalized spacial score (nSPS) is 12.3. The van der Waals surface area contributed by atoms with Gasteiger partial charge in [-0.15, -0.1) is 0 Å². The number of fused-ring (bicyclic) bond motifs is 1. The number of rotatable bonds is 2. The van der Waals surface area contributed by atoms with E-state index in [2.05, 4.69) is 5.32 Å². The molecule has 1 aliphatic heterocycles. The molecule has 0 unspecified atom stereocenters. The summed E-state index contributed by atoms with van der Waals surface area (Å²) in [5.41, 5.74) is 0.987. The van der Waals surface area contributed by atoms with E-state index in [-0.39, 0.29) is 12.7 Å². The summed E-state index contributed by atoms with van der Waals surface area (Å²) < 4.78 is 10.6. The van der Waals surface area contributed by atoms with Crippen LogP contribution >= 0.6 is 11.6 Å². The average molecular weight is 276 g/mol. The number of para-hydroxylation sites is 1. The van der Waals surface area contributed by atoms with Gasteiger partial charge in [0.1, 0.15) is 0 Å². The summed E-state index contributed by atoms with van der Waals surface area (Å²) in [6, 6.07) is 12.2. The molecule has 0 saturated carbocycles. The minimum absolute atomic E-state index is 0.161. The molecule has 0 aliphatic carbocycles. The summed E-state index contributed by atoms with van der Waals surface area (Å²) >= 11 is 5.99. The van der Waals surface area contributed by atoms with Gasteiger partial charge < -0.3 is 14.8 Å². The molecule has 1 amide bonds. The lowest BCUT2D eigenvalue weighted by Crippen LogP contribution is -2.12. The van der Waals surface area contributed by atoms with E-state index in [0.29, 0.717) is 27.8 Å². The van der Waals surface area contributed by atoms with E-state index in [4.69, 9.17) is 21.1 Å². The van der Waals surface area contributed by atoms with Crippen molar-refractivity contribution in [1.29, 1.82) is 0 Å². The topological polar surface area (TPSA) is 47.6 Å². The zero-order valence-electron chi connectivity index (χ0n) is 9.85. The Morgan fingerprint density at radius 3 is 2.79 bits per heavy atom. The van der Waals surface area contributed by atoms with Crippen molar-refractivity contribution in [3.63, 3.8) is 0 Å². The summed E-state index contributed by atoms with van der Waals surface area (Å²) in [5, 5.41) is 3.18. The van der Waals surface area contributed by atoms with Crippen LogP contribution in [0.15, 0.2) is 42.5 Å². The zero-order chi connectivity index (χ0) is 13.2. The minimum Gasteiger partial charge on any atom is -0.454 e. The Hall–Kier alpha value is -2.20. The van der Waals surface area contributed by atoms with Crippen LogP contribution in [0.4, 0.5) is 5.69 Å². The molecule has 0 bridgehead atoms. The number of anilines is 1. The van der Waals surface area contributed by atoms with Crippen molar-refractivity contribution < 1.29 is 14.3 Å². The molecule has 2 aromatic carbocycles. The molecule has 0 fully saturated rings. The van der Waals surface area contributed by atoms with Crippen molar-refractivity contribution in [2.75, 3.05) is 12.1 Å². The van der Waals surface area contributed by atoms with Gasteiger partial charge in [0, 0.05) is 0 Å². The largest absolute Gasteiger partial charge is 0.454 e. The molecule has 19 heavy (non-hydrogen) atoms. The molecule has 1 N–H and O–H groups in total. The molecule has 0 radical (unpaired) electrons. The van der Waals surface area contributed by atoms with Crippen LogP contribution in [0.25, 0.3) is 0 Å². The molecule has 2 aromatic rings. The molecular weight excluding hydrogens is 266 g/mol. The molecule has 3 rings (SSSR count). The van der Waals surface area contributed by atoms with E-state index < -0.39 is 0 Å². The maximum atomic E-state index is 12.1. The van der Waals surface area contributed by atoms with E-state index in [1.807, 2.05) is 0 Å². The van der Waals surface area contributed by atoms with Gasteiger partial charge in [0.2, 0.25) is 6.79 Å². The summed E-state index contributed by atoms with van der Waals surface area (Å²) in [6.45, 7) is 0.161. The van der Waals surface area contributed by atoms with Gasteiger partial charge in [0.15, 0.2) is 11.5 Å². The quantitative estimate of drug-likeness (QED) is 0.914. The number of nitrogens with one attached hydrogen (secondary N) is 1. The fourth-order valence-corrected chi connectivity index (χ4v) is 2.09.